The predicted molar refractivity (Wildman–Crippen MR) is 71.2 cm³/mol. The van der Waals surface area contributed by atoms with Gasteiger partial charge in [-0.05, 0) is 19.9 Å². The second-order valence-electron chi connectivity index (χ2n) is 4.12. The van der Waals surface area contributed by atoms with Gasteiger partial charge in [0.25, 0.3) is 0 Å². The Morgan fingerprint density at radius 1 is 1.22 bits per heavy atom. The van der Waals surface area contributed by atoms with Gasteiger partial charge in [-0.1, -0.05) is 18.1 Å². The van der Waals surface area contributed by atoms with Gasteiger partial charge in [0.2, 0.25) is 0 Å². The van der Waals surface area contributed by atoms with Crippen LogP contribution in [0.4, 0.5) is 0 Å². The normalized spacial score (nSPS) is 10.1. The van der Waals surface area contributed by atoms with Crippen LogP contribution in [-0.2, 0) is 0 Å². The van der Waals surface area contributed by atoms with Gasteiger partial charge >= 0.3 is 0 Å². The highest BCUT2D eigenvalue weighted by molar-refractivity contribution is 5.72. The highest BCUT2D eigenvalue weighted by Gasteiger charge is 2.12. The van der Waals surface area contributed by atoms with Crippen molar-refractivity contribution in [3.8, 4) is 29.2 Å². The molecule has 3 heteroatoms. The maximum absolute atomic E-state index is 5.82. The van der Waals surface area contributed by atoms with Crippen molar-refractivity contribution in [2.45, 2.75) is 20.0 Å². The van der Waals surface area contributed by atoms with Gasteiger partial charge in [-0.25, -0.2) is 9.97 Å². The standard InChI is InChI=1S/C15H14N2O/c1-4-12-6-5-7-14(15(12)18-11(2)3)13-8-16-10-17-9-13/h1,5-11H,2-3H3. The average molecular weight is 238 g/mol. The summed E-state index contributed by atoms with van der Waals surface area (Å²) in [5.41, 5.74) is 2.55. The third-order valence-corrected chi connectivity index (χ3v) is 2.40. The van der Waals surface area contributed by atoms with Crippen LogP contribution in [0.2, 0.25) is 0 Å². The van der Waals surface area contributed by atoms with E-state index < -0.39 is 0 Å². The molecule has 1 heterocycles. The van der Waals surface area contributed by atoms with E-state index in [-0.39, 0.29) is 6.10 Å². The molecule has 0 amide bonds. The monoisotopic (exact) mass is 238 g/mol. The Kier molecular flexibility index (Phi) is 3.59. The molecule has 0 aliphatic carbocycles. The highest BCUT2D eigenvalue weighted by Crippen LogP contribution is 2.32. The van der Waals surface area contributed by atoms with Gasteiger partial charge in [0.05, 0.1) is 11.7 Å². The molecule has 2 aromatic rings. The fraction of sp³-hybridized carbons (Fsp3) is 0.200. The molecule has 0 aliphatic rings. The Morgan fingerprint density at radius 3 is 2.56 bits per heavy atom. The van der Waals surface area contributed by atoms with E-state index in [9.17, 15) is 0 Å². The molecule has 1 aromatic carbocycles. The number of ether oxygens (including phenoxy) is 1. The van der Waals surface area contributed by atoms with Crippen LogP contribution in [0.25, 0.3) is 11.1 Å². The lowest BCUT2D eigenvalue weighted by Gasteiger charge is -2.15. The van der Waals surface area contributed by atoms with Gasteiger partial charge in [0, 0.05) is 23.5 Å². The summed E-state index contributed by atoms with van der Waals surface area (Å²) in [6.07, 6.45) is 10.6. The summed E-state index contributed by atoms with van der Waals surface area (Å²) in [5.74, 6) is 3.36. The van der Waals surface area contributed by atoms with E-state index in [4.69, 9.17) is 11.2 Å². The Morgan fingerprint density at radius 2 is 1.94 bits per heavy atom. The second kappa shape index (κ2) is 5.33. The quantitative estimate of drug-likeness (QED) is 0.771. The summed E-state index contributed by atoms with van der Waals surface area (Å²) in [6.45, 7) is 3.94. The molecule has 0 saturated heterocycles. The van der Waals surface area contributed by atoms with Crippen LogP contribution in [-0.4, -0.2) is 16.1 Å². The third kappa shape index (κ3) is 2.49. The molecule has 18 heavy (non-hydrogen) atoms. The van der Waals surface area contributed by atoms with Crippen LogP contribution in [0, 0.1) is 12.3 Å². The third-order valence-electron chi connectivity index (χ3n) is 2.40. The van der Waals surface area contributed by atoms with Crippen LogP contribution in [0.15, 0.2) is 36.9 Å². The topological polar surface area (TPSA) is 35.0 Å². The number of rotatable bonds is 3. The average Bonchev–Trinajstić information content (AvgIpc) is 2.39. The first-order chi connectivity index (χ1) is 8.72. The summed E-state index contributed by atoms with van der Waals surface area (Å²) >= 11 is 0. The molecule has 0 fully saturated rings. The highest BCUT2D eigenvalue weighted by atomic mass is 16.5. The van der Waals surface area contributed by atoms with Crippen LogP contribution < -0.4 is 4.74 Å². The molecule has 0 atom stereocenters. The maximum atomic E-state index is 5.82. The van der Waals surface area contributed by atoms with Gasteiger partial charge in [-0.3, -0.25) is 0 Å². The zero-order chi connectivity index (χ0) is 13.0. The molecule has 0 spiro atoms. The molecule has 0 aliphatic heterocycles. The molecular weight excluding hydrogens is 224 g/mol. The lowest BCUT2D eigenvalue weighted by atomic mass is 10.0. The van der Waals surface area contributed by atoms with Crippen LogP contribution >= 0.6 is 0 Å². The van der Waals surface area contributed by atoms with Crippen molar-refractivity contribution in [1.82, 2.24) is 9.97 Å². The molecule has 0 radical (unpaired) electrons. The Balaban J connectivity index is 2.57. The molecule has 0 unspecified atom stereocenters. The lowest BCUT2D eigenvalue weighted by Crippen LogP contribution is -2.08. The van der Waals surface area contributed by atoms with E-state index in [2.05, 4.69) is 15.9 Å². The Labute approximate surface area is 107 Å². The van der Waals surface area contributed by atoms with Crippen molar-refractivity contribution in [1.29, 1.82) is 0 Å². The van der Waals surface area contributed by atoms with Crippen LogP contribution in [0.5, 0.6) is 5.75 Å². The summed E-state index contributed by atoms with van der Waals surface area (Å²) < 4.78 is 5.82. The van der Waals surface area contributed by atoms with Crippen molar-refractivity contribution in [3.05, 3.63) is 42.5 Å². The van der Waals surface area contributed by atoms with Gasteiger partial charge in [-0.15, -0.1) is 6.42 Å². The Bertz CT molecular complexity index is 571. The summed E-state index contributed by atoms with van der Waals surface area (Å²) in [7, 11) is 0. The number of hydrogen-bond donors (Lipinski definition) is 0. The summed E-state index contributed by atoms with van der Waals surface area (Å²) in [6, 6.07) is 5.73. The molecule has 0 saturated carbocycles. The van der Waals surface area contributed by atoms with E-state index in [0.29, 0.717) is 5.75 Å². The van der Waals surface area contributed by atoms with E-state index in [1.165, 1.54) is 6.33 Å². The largest absolute Gasteiger partial charge is 0.489 e. The molecule has 0 N–H and O–H groups in total. The molecule has 2 rings (SSSR count). The van der Waals surface area contributed by atoms with E-state index in [1.54, 1.807) is 12.4 Å². The zero-order valence-corrected chi connectivity index (χ0v) is 10.4. The second-order valence-corrected chi connectivity index (χ2v) is 4.12. The predicted octanol–water partition coefficient (Wildman–Crippen LogP) is 2.91. The SMILES string of the molecule is C#Cc1cccc(-c2cncnc2)c1OC(C)C. The van der Waals surface area contributed by atoms with Crippen molar-refractivity contribution in [2.24, 2.45) is 0 Å². The van der Waals surface area contributed by atoms with E-state index >= 15 is 0 Å². The van der Waals surface area contributed by atoms with Crippen molar-refractivity contribution < 1.29 is 4.74 Å². The Hall–Kier alpha value is -2.34. The maximum Gasteiger partial charge on any atom is 0.143 e. The fourth-order valence-corrected chi connectivity index (χ4v) is 1.68. The molecule has 0 bridgehead atoms. The zero-order valence-electron chi connectivity index (χ0n) is 10.4. The first-order valence-corrected chi connectivity index (χ1v) is 5.74. The minimum Gasteiger partial charge on any atom is -0.489 e. The summed E-state index contributed by atoms with van der Waals surface area (Å²) in [5, 5.41) is 0. The van der Waals surface area contributed by atoms with Gasteiger partial charge in [-0.2, -0.15) is 0 Å². The van der Waals surface area contributed by atoms with E-state index in [0.717, 1.165) is 16.7 Å². The molecular formula is C15H14N2O. The van der Waals surface area contributed by atoms with Crippen molar-refractivity contribution in [3.63, 3.8) is 0 Å². The van der Waals surface area contributed by atoms with Gasteiger partial charge < -0.3 is 4.74 Å². The smallest absolute Gasteiger partial charge is 0.143 e. The van der Waals surface area contributed by atoms with Crippen LogP contribution in [0.1, 0.15) is 19.4 Å². The minimum atomic E-state index is 0.0582. The molecule has 1 aromatic heterocycles. The van der Waals surface area contributed by atoms with Gasteiger partial charge in [0.15, 0.2) is 0 Å². The number of terminal acetylenes is 1. The number of para-hydroxylation sites is 1. The number of benzene rings is 1. The molecule has 90 valence electrons. The fourth-order valence-electron chi connectivity index (χ4n) is 1.68. The van der Waals surface area contributed by atoms with Crippen molar-refractivity contribution >= 4 is 0 Å². The lowest BCUT2D eigenvalue weighted by molar-refractivity contribution is 0.243. The molecule has 3 nitrogen and oxygen atoms in total. The first-order valence-electron chi connectivity index (χ1n) is 5.74. The first kappa shape index (κ1) is 12.1. The van der Waals surface area contributed by atoms with E-state index in [1.807, 2.05) is 32.0 Å². The minimum absolute atomic E-state index is 0.0582. The number of aromatic nitrogens is 2. The van der Waals surface area contributed by atoms with Crippen molar-refractivity contribution in [2.75, 3.05) is 0 Å². The van der Waals surface area contributed by atoms with Gasteiger partial charge in [0.1, 0.15) is 12.1 Å². The van der Waals surface area contributed by atoms with Crippen LogP contribution in [0.3, 0.4) is 0 Å². The summed E-state index contributed by atoms with van der Waals surface area (Å²) in [4.78, 5) is 8.04. The number of nitrogens with zero attached hydrogens (tertiary/aromatic N) is 2. The number of hydrogen-bond acceptors (Lipinski definition) is 3.